The second-order valence-corrected chi connectivity index (χ2v) is 5.17. The average molecular weight is 250 g/mol. The van der Waals surface area contributed by atoms with Crippen molar-refractivity contribution in [1.29, 1.82) is 0 Å². The third-order valence-corrected chi connectivity index (χ3v) is 2.79. The molecule has 102 valence electrons. The third-order valence-electron chi connectivity index (χ3n) is 2.79. The Morgan fingerprint density at radius 2 is 2.06 bits per heavy atom. The molecule has 0 saturated carbocycles. The van der Waals surface area contributed by atoms with Crippen LogP contribution < -0.4 is 10.2 Å². The highest BCUT2D eigenvalue weighted by molar-refractivity contribution is 5.34. The van der Waals surface area contributed by atoms with Crippen molar-refractivity contribution in [3.8, 4) is 0 Å². The summed E-state index contributed by atoms with van der Waals surface area (Å²) in [6.07, 6.45) is 6.12. The Bertz CT molecular complexity index is 321. The monoisotopic (exact) mass is 250 g/mol. The zero-order valence-corrected chi connectivity index (χ0v) is 12.1. The molecule has 1 heterocycles. The fraction of sp³-hybridized carbons (Fsp3) is 0.714. The van der Waals surface area contributed by atoms with Gasteiger partial charge in [0.05, 0.1) is 18.1 Å². The van der Waals surface area contributed by atoms with Gasteiger partial charge < -0.3 is 10.2 Å². The van der Waals surface area contributed by atoms with E-state index in [4.69, 9.17) is 0 Å². The lowest BCUT2D eigenvalue weighted by Gasteiger charge is -2.17. The average Bonchev–Trinajstić information content (AvgIpc) is 2.36. The lowest BCUT2D eigenvalue weighted by atomic mass is 10.2. The van der Waals surface area contributed by atoms with Crippen LogP contribution in [-0.4, -0.2) is 30.1 Å². The first-order chi connectivity index (χ1) is 8.63. The standard InChI is InChI=1S/C14H26N4/c1-5-6-7-18(4)14-11-16-13(10-17-14)9-15-8-12(2)3/h10-12,15H,5-9H2,1-4H3. The van der Waals surface area contributed by atoms with Gasteiger partial charge in [0.25, 0.3) is 0 Å². The Morgan fingerprint density at radius 1 is 1.28 bits per heavy atom. The summed E-state index contributed by atoms with van der Waals surface area (Å²) in [5, 5.41) is 3.37. The van der Waals surface area contributed by atoms with E-state index >= 15 is 0 Å². The first kappa shape index (κ1) is 14.9. The van der Waals surface area contributed by atoms with E-state index in [0.29, 0.717) is 5.92 Å². The Morgan fingerprint density at radius 3 is 2.61 bits per heavy atom. The molecule has 0 bridgehead atoms. The highest BCUT2D eigenvalue weighted by Gasteiger charge is 2.03. The highest BCUT2D eigenvalue weighted by Crippen LogP contribution is 2.07. The summed E-state index contributed by atoms with van der Waals surface area (Å²) in [5.74, 6) is 1.62. The molecule has 1 rings (SSSR count). The molecule has 0 fully saturated rings. The van der Waals surface area contributed by atoms with E-state index in [-0.39, 0.29) is 0 Å². The van der Waals surface area contributed by atoms with Gasteiger partial charge >= 0.3 is 0 Å². The maximum absolute atomic E-state index is 4.45. The number of hydrogen-bond donors (Lipinski definition) is 1. The number of anilines is 1. The van der Waals surface area contributed by atoms with Gasteiger partial charge in [0, 0.05) is 20.1 Å². The summed E-state index contributed by atoms with van der Waals surface area (Å²) in [6, 6.07) is 0. The Kier molecular flexibility index (Phi) is 6.65. The molecule has 0 saturated heterocycles. The number of aromatic nitrogens is 2. The molecule has 18 heavy (non-hydrogen) atoms. The molecule has 0 spiro atoms. The van der Waals surface area contributed by atoms with Crippen LogP contribution in [0.1, 0.15) is 39.3 Å². The predicted molar refractivity (Wildman–Crippen MR) is 76.8 cm³/mol. The van der Waals surface area contributed by atoms with Crippen molar-refractivity contribution in [1.82, 2.24) is 15.3 Å². The fourth-order valence-electron chi connectivity index (χ4n) is 1.64. The molecule has 4 nitrogen and oxygen atoms in total. The number of nitrogens with one attached hydrogen (secondary N) is 1. The van der Waals surface area contributed by atoms with Gasteiger partial charge in [0.1, 0.15) is 5.82 Å². The van der Waals surface area contributed by atoms with Crippen LogP contribution in [0.4, 0.5) is 5.82 Å². The van der Waals surface area contributed by atoms with Crippen LogP contribution in [0.3, 0.4) is 0 Å². The molecule has 1 N–H and O–H groups in total. The summed E-state index contributed by atoms with van der Waals surface area (Å²) in [6.45, 7) is 9.44. The van der Waals surface area contributed by atoms with Crippen LogP contribution in [0.15, 0.2) is 12.4 Å². The van der Waals surface area contributed by atoms with Gasteiger partial charge in [-0.3, -0.25) is 4.98 Å². The number of rotatable bonds is 8. The predicted octanol–water partition coefficient (Wildman–Crippen LogP) is 2.46. The molecule has 0 aromatic carbocycles. The van der Waals surface area contributed by atoms with Crippen molar-refractivity contribution in [2.45, 2.75) is 40.2 Å². The van der Waals surface area contributed by atoms with Crippen LogP contribution in [0, 0.1) is 5.92 Å². The van der Waals surface area contributed by atoms with Crippen molar-refractivity contribution in [2.75, 3.05) is 25.0 Å². The summed E-state index contributed by atoms with van der Waals surface area (Å²) in [5.41, 5.74) is 1.00. The lowest BCUT2D eigenvalue weighted by molar-refractivity contribution is 0.547. The van der Waals surface area contributed by atoms with Crippen molar-refractivity contribution >= 4 is 5.82 Å². The lowest BCUT2D eigenvalue weighted by Crippen LogP contribution is -2.21. The minimum atomic E-state index is 0.664. The van der Waals surface area contributed by atoms with E-state index in [2.05, 4.69) is 48.0 Å². The molecule has 0 amide bonds. The van der Waals surface area contributed by atoms with E-state index in [9.17, 15) is 0 Å². The summed E-state index contributed by atoms with van der Waals surface area (Å²) >= 11 is 0. The molecule has 4 heteroatoms. The molecule has 1 aromatic heterocycles. The minimum Gasteiger partial charge on any atom is -0.358 e. The van der Waals surface area contributed by atoms with Gasteiger partial charge in [-0.05, 0) is 18.9 Å². The zero-order valence-electron chi connectivity index (χ0n) is 12.1. The number of hydrogen-bond acceptors (Lipinski definition) is 4. The molecule has 1 aromatic rings. The van der Waals surface area contributed by atoms with Gasteiger partial charge in [-0.2, -0.15) is 0 Å². The molecular weight excluding hydrogens is 224 g/mol. The van der Waals surface area contributed by atoms with Crippen LogP contribution in [0.25, 0.3) is 0 Å². The first-order valence-corrected chi connectivity index (χ1v) is 6.86. The van der Waals surface area contributed by atoms with Gasteiger partial charge in [-0.1, -0.05) is 27.2 Å². The summed E-state index contributed by atoms with van der Waals surface area (Å²) in [7, 11) is 2.07. The number of nitrogens with zero attached hydrogens (tertiary/aromatic N) is 3. The SMILES string of the molecule is CCCCN(C)c1cnc(CNCC(C)C)cn1. The van der Waals surface area contributed by atoms with Crippen LogP contribution in [-0.2, 0) is 6.54 Å². The maximum Gasteiger partial charge on any atom is 0.146 e. The highest BCUT2D eigenvalue weighted by atomic mass is 15.2. The van der Waals surface area contributed by atoms with E-state index in [1.54, 1.807) is 0 Å². The van der Waals surface area contributed by atoms with Crippen molar-refractivity contribution in [2.24, 2.45) is 5.92 Å². The molecular formula is C14H26N4. The first-order valence-electron chi connectivity index (χ1n) is 6.86. The van der Waals surface area contributed by atoms with Crippen LogP contribution >= 0.6 is 0 Å². The molecule has 0 aliphatic rings. The van der Waals surface area contributed by atoms with Crippen LogP contribution in [0.2, 0.25) is 0 Å². The molecule has 0 unspecified atom stereocenters. The maximum atomic E-state index is 4.45. The largest absolute Gasteiger partial charge is 0.358 e. The molecule has 0 atom stereocenters. The van der Waals surface area contributed by atoms with E-state index in [1.165, 1.54) is 12.8 Å². The quantitative estimate of drug-likeness (QED) is 0.769. The van der Waals surface area contributed by atoms with Gasteiger partial charge in [0.2, 0.25) is 0 Å². The van der Waals surface area contributed by atoms with E-state index in [0.717, 1.165) is 31.1 Å². The van der Waals surface area contributed by atoms with E-state index < -0.39 is 0 Å². The van der Waals surface area contributed by atoms with Gasteiger partial charge in [-0.25, -0.2) is 4.98 Å². The normalized spacial score (nSPS) is 10.9. The molecule has 0 radical (unpaired) electrons. The Hall–Kier alpha value is -1.16. The van der Waals surface area contributed by atoms with Crippen molar-refractivity contribution in [3.05, 3.63) is 18.1 Å². The summed E-state index contributed by atoms with van der Waals surface area (Å²) < 4.78 is 0. The fourth-order valence-corrected chi connectivity index (χ4v) is 1.64. The second kappa shape index (κ2) is 8.03. The topological polar surface area (TPSA) is 41.1 Å². The third kappa shape index (κ3) is 5.45. The Labute approximate surface area is 111 Å². The Balaban J connectivity index is 2.41. The molecule has 0 aliphatic heterocycles. The second-order valence-electron chi connectivity index (χ2n) is 5.17. The summed E-state index contributed by atoms with van der Waals surface area (Å²) in [4.78, 5) is 11.0. The van der Waals surface area contributed by atoms with Gasteiger partial charge in [0.15, 0.2) is 0 Å². The van der Waals surface area contributed by atoms with Crippen LogP contribution in [0.5, 0.6) is 0 Å². The van der Waals surface area contributed by atoms with Gasteiger partial charge in [-0.15, -0.1) is 0 Å². The zero-order chi connectivity index (χ0) is 13.4. The smallest absolute Gasteiger partial charge is 0.146 e. The van der Waals surface area contributed by atoms with E-state index in [1.807, 2.05) is 12.4 Å². The van der Waals surface area contributed by atoms with Crippen molar-refractivity contribution < 1.29 is 0 Å². The minimum absolute atomic E-state index is 0.664. The number of unbranched alkanes of at least 4 members (excludes halogenated alkanes) is 1. The molecule has 0 aliphatic carbocycles. The van der Waals surface area contributed by atoms with Crippen molar-refractivity contribution in [3.63, 3.8) is 0 Å².